The summed E-state index contributed by atoms with van der Waals surface area (Å²) in [6, 6.07) is 14.5. The minimum Gasteiger partial charge on any atom is -0.354 e. The van der Waals surface area contributed by atoms with Gasteiger partial charge in [-0.3, -0.25) is 0 Å². The molecule has 0 saturated heterocycles. The smallest absolute Gasteiger partial charge is 0.184 e. The lowest BCUT2D eigenvalue weighted by molar-refractivity contribution is 0.834. The van der Waals surface area contributed by atoms with Crippen molar-refractivity contribution in [3.63, 3.8) is 0 Å². The molecule has 4 nitrogen and oxygen atoms in total. The number of hydrogen-bond acceptors (Lipinski definition) is 4. The summed E-state index contributed by atoms with van der Waals surface area (Å²) in [5, 5.41) is 4.33. The molecule has 1 N–H and O–H groups in total. The monoisotopic (exact) mass is 308 g/mol. The molecule has 4 rings (SSSR count). The number of aryl methyl sites for hydroxylation is 2. The van der Waals surface area contributed by atoms with Gasteiger partial charge in [0.1, 0.15) is 5.82 Å². The molecule has 2 heterocycles. The average molecular weight is 308 g/mol. The van der Waals surface area contributed by atoms with E-state index in [0.29, 0.717) is 6.54 Å². The third kappa shape index (κ3) is 2.23. The molecule has 110 valence electrons. The van der Waals surface area contributed by atoms with Gasteiger partial charge in [-0.25, -0.2) is 9.97 Å². The van der Waals surface area contributed by atoms with Crippen molar-refractivity contribution in [3.05, 3.63) is 53.9 Å². The molecule has 0 aliphatic rings. The number of para-hydroxylation sites is 1. The van der Waals surface area contributed by atoms with E-state index < -0.39 is 0 Å². The average Bonchev–Trinajstić information content (AvgIpc) is 3.06. The van der Waals surface area contributed by atoms with Gasteiger partial charge < -0.3 is 9.88 Å². The molecule has 0 atom stereocenters. The lowest BCUT2D eigenvalue weighted by Gasteiger charge is -2.03. The van der Waals surface area contributed by atoms with Crippen LogP contribution in [-0.2, 0) is 13.6 Å². The summed E-state index contributed by atoms with van der Waals surface area (Å²) < 4.78 is 3.33. The van der Waals surface area contributed by atoms with Gasteiger partial charge in [-0.1, -0.05) is 29.5 Å². The predicted molar refractivity (Wildman–Crippen MR) is 92.4 cm³/mol. The zero-order chi connectivity index (χ0) is 15.1. The molecule has 0 amide bonds. The van der Waals surface area contributed by atoms with Gasteiger partial charge in [0.2, 0.25) is 0 Å². The zero-order valence-electron chi connectivity index (χ0n) is 12.5. The first-order valence-electron chi connectivity index (χ1n) is 7.22. The van der Waals surface area contributed by atoms with Crippen molar-refractivity contribution in [1.29, 1.82) is 0 Å². The molecule has 0 unspecified atom stereocenters. The standard InChI is InChI=1S/C17H16N4S/c1-11-7-8-14-13(9-11)19-16(21(14)2)10-18-17-20-12-5-3-4-6-15(12)22-17/h3-9H,10H2,1-2H3,(H,18,20). The molecular weight excluding hydrogens is 292 g/mol. The van der Waals surface area contributed by atoms with E-state index >= 15 is 0 Å². The van der Waals surface area contributed by atoms with Crippen LogP contribution in [0, 0.1) is 6.92 Å². The Morgan fingerprint density at radius 1 is 1.09 bits per heavy atom. The molecular formula is C17H16N4S. The highest BCUT2D eigenvalue weighted by atomic mass is 32.1. The Morgan fingerprint density at radius 2 is 1.95 bits per heavy atom. The van der Waals surface area contributed by atoms with Crippen molar-refractivity contribution >= 4 is 37.7 Å². The van der Waals surface area contributed by atoms with Gasteiger partial charge in [0, 0.05) is 7.05 Å². The first-order chi connectivity index (χ1) is 10.7. The lowest BCUT2D eigenvalue weighted by Crippen LogP contribution is -2.05. The van der Waals surface area contributed by atoms with Crippen LogP contribution in [0.4, 0.5) is 5.13 Å². The largest absolute Gasteiger partial charge is 0.354 e. The normalized spacial score (nSPS) is 11.4. The zero-order valence-corrected chi connectivity index (χ0v) is 13.3. The fourth-order valence-electron chi connectivity index (χ4n) is 2.62. The van der Waals surface area contributed by atoms with E-state index in [2.05, 4.69) is 53.1 Å². The van der Waals surface area contributed by atoms with Crippen LogP contribution in [0.5, 0.6) is 0 Å². The number of thiazole rings is 1. The molecule has 4 aromatic rings. The molecule has 0 aliphatic carbocycles. The minimum atomic E-state index is 0.671. The van der Waals surface area contributed by atoms with E-state index in [1.165, 1.54) is 10.3 Å². The van der Waals surface area contributed by atoms with Crippen LogP contribution in [0.1, 0.15) is 11.4 Å². The van der Waals surface area contributed by atoms with E-state index in [4.69, 9.17) is 4.98 Å². The van der Waals surface area contributed by atoms with Crippen LogP contribution in [0.15, 0.2) is 42.5 Å². The summed E-state index contributed by atoms with van der Waals surface area (Å²) in [7, 11) is 2.06. The van der Waals surface area contributed by atoms with Crippen LogP contribution < -0.4 is 5.32 Å². The fraction of sp³-hybridized carbons (Fsp3) is 0.176. The Balaban J connectivity index is 1.62. The maximum atomic E-state index is 4.72. The summed E-state index contributed by atoms with van der Waals surface area (Å²) in [6.07, 6.45) is 0. The van der Waals surface area contributed by atoms with Gasteiger partial charge in [0.25, 0.3) is 0 Å². The molecule has 0 radical (unpaired) electrons. The van der Waals surface area contributed by atoms with Crippen molar-refractivity contribution in [3.8, 4) is 0 Å². The van der Waals surface area contributed by atoms with Crippen molar-refractivity contribution in [2.45, 2.75) is 13.5 Å². The van der Waals surface area contributed by atoms with E-state index in [1.54, 1.807) is 11.3 Å². The molecule has 0 spiro atoms. The lowest BCUT2D eigenvalue weighted by atomic mass is 10.2. The second-order valence-electron chi connectivity index (χ2n) is 5.42. The Kier molecular flexibility index (Phi) is 3.08. The molecule has 0 bridgehead atoms. The van der Waals surface area contributed by atoms with Gasteiger partial charge in [-0.05, 0) is 36.8 Å². The molecule has 2 aromatic carbocycles. The molecule has 0 aliphatic heterocycles. The molecule has 2 aromatic heterocycles. The van der Waals surface area contributed by atoms with Crippen molar-refractivity contribution in [2.24, 2.45) is 7.05 Å². The Bertz CT molecular complexity index is 934. The summed E-state index contributed by atoms with van der Waals surface area (Å²) >= 11 is 1.67. The van der Waals surface area contributed by atoms with Crippen molar-refractivity contribution in [2.75, 3.05) is 5.32 Å². The van der Waals surface area contributed by atoms with Crippen LogP contribution in [-0.4, -0.2) is 14.5 Å². The van der Waals surface area contributed by atoms with Gasteiger partial charge in [0.05, 0.1) is 27.8 Å². The van der Waals surface area contributed by atoms with E-state index in [0.717, 1.165) is 27.5 Å². The van der Waals surface area contributed by atoms with Crippen molar-refractivity contribution in [1.82, 2.24) is 14.5 Å². The van der Waals surface area contributed by atoms with Crippen LogP contribution in [0.2, 0.25) is 0 Å². The van der Waals surface area contributed by atoms with E-state index in [1.807, 2.05) is 18.2 Å². The number of nitrogens with zero attached hydrogens (tertiary/aromatic N) is 3. The Morgan fingerprint density at radius 3 is 2.82 bits per heavy atom. The molecule has 0 fully saturated rings. The maximum Gasteiger partial charge on any atom is 0.184 e. The summed E-state index contributed by atoms with van der Waals surface area (Å²) in [5.41, 5.74) is 4.47. The van der Waals surface area contributed by atoms with Crippen LogP contribution in [0.3, 0.4) is 0 Å². The topological polar surface area (TPSA) is 42.7 Å². The van der Waals surface area contributed by atoms with Crippen molar-refractivity contribution < 1.29 is 0 Å². The number of anilines is 1. The minimum absolute atomic E-state index is 0.671. The Hall–Kier alpha value is -2.40. The third-order valence-electron chi connectivity index (χ3n) is 3.82. The van der Waals surface area contributed by atoms with Gasteiger partial charge in [-0.15, -0.1) is 0 Å². The second kappa shape index (κ2) is 5.10. The number of fused-ring (bicyclic) bond motifs is 2. The van der Waals surface area contributed by atoms with Crippen LogP contribution in [0.25, 0.3) is 21.3 Å². The third-order valence-corrected chi connectivity index (χ3v) is 4.81. The summed E-state index contributed by atoms with van der Waals surface area (Å²) in [5.74, 6) is 1.01. The Labute approximate surface area is 132 Å². The second-order valence-corrected chi connectivity index (χ2v) is 6.45. The SMILES string of the molecule is Cc1ccc2c(c1)nc(CNc1nc3ccccc3s1)n2C. The maximum absolute atomic E-state index is 4.72. The molecule has 0 saturated carbocycles. The number of hydrogen-bond donors (Lipinski definition) is 1. The highest BCUT2D eigenvalue weighted by Gasteiger charge is 2.09. The van der Waals surface area contributed by atoms with Gasteiger partial charge in [0.15, 0.2) is 5.13 Å². The van der Waals surface area contributed by atoms with Gasteiger partial charge >= 0.3 is 0 Å². The molecule has 5 heteroatoms. The van der Waals surface area contributed by atoms with E-state index in [9.17, 15) is 0 Å². The number of nitrogens with one attached hydrogen (secondary N) is 1. The number of rotatable bonds is 3. The van der Waals surface area contributed by atoms with Crippen LogP contribution >= 0.6 is 11.3 Å². The fourth-order valence-corrected chi connectivity index (χ4v) is 3.48. The highest BCUT2D eigenvalue weighted by Crippen LogP contribution is 2.26. The molecule has 22 heavy (non-hydrogen) atoms. The summed E-state index contributed by atoms with van der Waals surface area (Å²) in [4.78, 5) is 9.32. The number of benzene rings is 2. The number of aromatic nitrogens is 3. The summed E-state index contributed by atoms with van der Waals surface area (Å²) in [6.45, 7) is 2.76. The number of imidazole rings is 1. The highest BCUT2D eigenvalue weighted by molar-refractivity contribution is 7.22. The van der Waals surface area contributed by atoms with E-state index in [-0.39, 0.29) is 0 Å². The first-order valence-corrected chi connectivity index (χ1v) is 8.04. The quantitative estimate of drug-likeness (QED) is 0.619. The van der Waals surface area contributed by atoms with Gasteiger partial charge in [-0.2, -0.15) is 0 Å². The predicted octanol–water partition coefficient (Wildman–Crippen LogP) is 4.10. The first kappa shape index (κ1) is 13.3.